The number of halogens is 1. The van der Waals surface area contributed by atoms with Gasteiger partial charge in [-0.05, 0) is 31.2 Å². The molecule has 8 heteroatoms. The van der Waals surface area contributed by atoms with Crippen molar-refractivity contribution in [3.05, 3.63) is 47.0 Å². The van der Waals surface area contributed by atoms with E-state index < -0.39 is 18.0 Å². The van der Waals surface area contributed by atoms with E-state index in [9.17, 15) is 9.59 Å². The summed E-state index contributed by atoms with van der Waals surface area (Å²) in [7, 11) is 4.33. The third kappa shape index (κ3) is 4.83. The molecule has 0 aliphatic carbocycles. The van der Waals surface area contributed by atoms with Crippen LogP contribution >= 0.6 is 11.6 Å². The Bertz CT molecular complexity index is 814. The van der Waals surface area contributed by atoms with Crippen molar-refractivity contribution in [2.45, 2.75) is 13.0 Å². The first-order valence-corrected chi connectivity index (χ1v) is 8.35. The van der Waals surface area contributed by atoms with Crippen LogP contribution in [0.3, 0.4) is 0 Å². The van der Waals surface area contributed by atoms with Crippen LogP contribution in [0.5, 0.6) is 17.2 Å². The number of nitrogens with one attached hydrogen (secondary N) is 1. The molecule has 1 N–H and O–H groups in total. The van der Waals surface area contributed by atoms with Crippen LogP contribution in [0.1, 0.15) is 17.3 Å². The predicted molar refractivity (Wildman–Crippen MR) is 101 cm³/mol. The van der Waals surface area contributed by atoms with Gasteiger partial charge in [0.15, 0.2) is 17.6 Å². The maximum Gasteiger partial charge on any atom is 0.339 e. The number of hydrogen-bond acceptors (Lipinski definition) is 6. The van der Waals surface area contributed by atoms with E-state index in [1.165, 1.54) is 40.4 Å². The van der Waals surface area contributed by atoms with Gasteiger partial charge in [0.25, 0.3) is 5.91 Å². The van der Waals surface area contributed by atoms with E-state index in [4.69, 9.17) is 30.5 Å². The summed E-state index contributed by atoms with van der Waals surface area (Å²) < 4.78 is 20.9. The van der Waals surface area contributed by atoms with Crippen LogP contribution in [0.2, 0.25) is 5.02 Å². The summed E-state index contributed by atoms with van der Waals surface area (Å²) in [5.41, 5.74) is 0.585. The van der Waals surface area contributed by atoms with Crippen molar-refractivity contribution < 1.29 is 28.5 Å². The van der Waals surface area contributed by atoms with Crippen LogP contribution in [0.4, 0.5) is 5.69 Å². The number of benzene rings is 2. The van der Waals surface area contributed by atoms with Gasteiger partial charge in [-0.25, -0.2) is 4.79 Å². The van der Waals surface area contributed by atoms with E-state index in [1.807, 2.05) is 0 Å². The smallest absolute Gasteiger partial charge is 0.339 e. The maximum absolute atomic E-state index is 12.4. The second-order valence-electron chi connectivity index (χ2n) is 5.43. The molecule has 2 aromatic carbocycles. The van der Waals surface area contributed by atoms with Crippen LogP contribution in [0.15, 0.2) is 36.4 Å². The summed E-state index contributed by atoms with van der Waals surface area (Å²) in [5.74, 6) is -0.269. The zero-order chi connectivity index (χ0) is 20.0. The summed E-state index contributed by atoms with van der Waals surface area (Å²) >= 11 is 6.01. The Morgan fingerprint density at radius 2 is 1.59 bits per heavy atom. The molecule has 0 aliphatic heterocycles. The fraction of sp³-hybridized carbons (Fsp3) is 0.263. The van der Waals surface area contributed by atoms with Gasteiger partial charge in [0, 0.05) is 0 Å². The first-order chi connectivity index (χ1) is 12.9. The molecule has 0 aromatic heterocycles. The SMILES string of the molecule is COc1cc(C(=O)OC(C)C(=O)Nc2ccccc2Cl)cc(OC)c1OC. The van der Waals surface area contributed by atoms with Gasteiger partial charge in [-0.15, -0.1) is 0 Å². The molecule has 0 saturated carbocycles. The first kappa shape index (κ1) is 20.4. The number of carbonyl (C=O) groups excluding carboxylic acids is 2. The molecule has 0 aliphatic rings. The van der Waals surface area contributed by atoms with Crippen LogP contribution in [-0.2, 0) is 9.53 Å². The first-order valence-electron chi connectivity index (χ1n) is 7.97. The van der Waals surface area contributed by atoms with Crippen molar-refractivity contribution in [1.82, 2.24) is 0 Å². The highest BCUT2D eigenvalue weighted by molar-refractivity contribution is 6.33. The molecule has 0 bridgehead atoms. The average molecular weight is 394 g/mol. The summed E-state index contributed by atoms with van der Waals surface area (Å²) in [6, 6.07) is 9.66. The van der Waals surface area contributed by atoms with Gasteiger partial charge >= 0.3 is 5.97 Å². The Morgan fingerprint density at radius 3 is 2.11 bits per heavy atom. The quantitative estimate of drug-likeness (QED) is 0.724. The fourth-order valence-electron chi connectivity index (χ4n) is 2.28. The minimum atomic E-state index is -1.05. The van der Waals surface area contributed by atoms with Crippen molar-refractivity contribution >= 4 is 29.2 Å². The van der Waals surface area contributed by atoms with Crippen molar-refractivity contribution in [3.8, 4) is 17.2 Å². The molecular weight excluding hydrogens is 374 g/mol. The lowest BCUT2D eigenvalue weighted by atomic mass is 10.2. The molecule has 1 amide bonds. The normalized spacial score (nSPS) is 11.3. The minimum absolute atomic E-state index is 0.155. The highest BCUT2D eigenvalue weighted by Gasteiger charge is 2.22. The summed E-state index contributed by atoms with van der Waals surface area (Å²) in [5, 5.41) is 3.00. The van der Waals surface area contributed by atoms with E-state index in [1.54, 1.807) is 24.3 Å². The van der Waals surface area contributed by atoms with E-state index >= 15 is 0 Å². The van der Waals surface area contributed by atoms with Crippen LogP contribution in [0.25, 0.3) is 0 Å². The van der Waals surface area contributed by atoms with Gasteiger partial charge in [-0.3, -0.25) is 4.79 Å². The zero-order valence-electron chi connectivity index (χ0n) is 15.4. The zero-order valence-corrected chi connectivity index (χ0v) is 16.1. The lowest BCUT2D eigenvalue weighted by Gasteiger charge is -2.16. The second-order valence-corrected chi connectivity index (χ2v) is 5.84. The number of amides is 1. The number of hydrogen-bond donors (Lipinski definition) is 1. The Balaban J connectivity index is 2.14. The summed E-state index contributed by atoms with van der Waals surface area (Å²) in [6.07, 6.45) is -1.05. The second kappa shape index (κ2) is 9.14. The van der Waals surface area contributed by atoms with Crippen LogP contribution in [-0.4, -0.2) is 39.3 Å². The molecule has 2 aromatic rings. The number of methoxy groups -OCH3 is 3. The fourth-order valence-corrected chi connectivity index (χ4v) is 2.46. The van der Waals surface area contributed by atoms with Crippen molar-refractivity contribution in [1.29, 1.82) is 0 Å². The van der Waals surface area contributed by atoms with E-state index in [2.05, 4.69) is 5.32 Å². The van der Waals surface area contributed by atoms with E-state index in [0.29, 0.717) is 28.0 Å². The van der Waals surface area contributed by atoms with Gasteiger partial charge in [-0.1, -0.05) is 23.7 Å². The lowest BCUT2D eigenvalue weighted by Crippen LogP contribution is -2.30. The molecule has 1 atom stereocenters. The lowest BCUT2D eigenvalue weighted by molar-refractivity contribution is -0.123. The average Bonchev–Trinajstić information content (AvgIpc) is 2.68. The molecule has 2 rings (SSSR count). The number of anilines is 1. The van der Waals surface area contributed by atoms with Crippen molar-refractivity contribution in [2.75, 3.05) is 26.6 Å². The van der Waals surface area contributed by atoms with Gasteiger partial charge in [0.05, 0.1) is 37.6 Å². The Hall–Kier alpha value is -2.93. The predicted octanol–water partition coefficient (Wildman–Crippen LogP) is 3.55. The Morgan fingerprint density at radius 1 is 1.00 bits per heavy atom. The number of carbonyl (C=O) groups is 2. The van der Waals surface area contributed by atoms with E-state index in [-0.39, 0.29) is 5.56 Å². The number of esters is 1. The van der Waals surface area contributed by atoms with E-state index in [0.717, 1.165) is 0 Å². The summed E-state index contributed by atoms with van der Waals surface area (Å²) in [6.45, 7) is 1.46. The Kier molecular flexibility index (Phi) is 6.90. The molecule has 0 heterocycles. The van der Waals surface area contributed by atoms with Gasteiger partial charge in [-0.2, -0.15) is 0 Å². The molecular formula is C19H20ClNO6. The minimum Gasteiger partial charge on any atom is -0.493 e. The van der Waals surface area contributed by atoms with Crippen molar-refractivity contribution in [3.63, 3.8) is 0 Å². The van der Waals surface area contributed by atoms with Crippen molar-refractivity contribution in [2.24, 2.45) is 0 Å². The van der Waals surface area contributed by atoms with Crippen LogP contribution < -0.4 is 19.5 Å². The topological polar surface area (TPSA) is 83.1 Å². The molecule has 7 nitrogen and oxygen atoms in total. The molecule has 144 valence electrons. The molecule has 0 fully saturated rings. The van der Waals surface area contributed by atoms with Crippen LogP contribution in [0, 0.1) is 0 Å². The van der Waals surface area contributed by atoms with Gasteiger partial charge in [0.2, 0.25) is 5.75 Å². The molecule has 0 spiro atoms. The number of rotatable bonds is 7. The highest BCUT2D eigenvalue weighted by atomic mass is 35.5. The molecule has 27 heavy (non-hydrogen) atoms. The molecule has 0 radical (unpaired) electrons. The standard InChI is InChI=1S/C19H20ClNO6/c1-11(18(22)21-14-8-6-5-7-13(14)20)27-19(23)12-9-15(24-2)17(26-4)16(10-12)25-3/h5-11H,1-4H3,(H,21,22). The maximum atomic E-state index is 12.4. The largest absolute Gasteiger partial charge is 0.493 e. The Labute approximate surface area is 162 Å². The third-order valence-electron chi connectivity index (χ3n) is 3.69. The number of para-hydroxylation sites is 1. The third-order valence-corrected chi connectivity index (χ3v) is 4.01. The molecule has 1 unspecified atom stereocenters. The number of ether oxygens (including phenoxy) is 4. The summed E-state index contributed by atoms with van der Waals surface area (Å²) in [4.78, 5) is 24.7. The van der Waals surface area contributed by atoms with Gasteiger partial charge in [0.1, 0.15) is 0 Å². The highest BCUT2D eigenvalue weighted by Crippen LogP contribution is 2.38. The molecule has 0 saturated heterocycles. The monoisotopic (exact) mass is 393 g/mol. The van der Waals surface area contributed by atoms with Gasteiger partial charge < -0.3 is 24.3 Å².